The quantitative estimate of drug-likeness (QED) is 0.0321. The van der Waals surface area contributed by atoms with Crippen LogP contribution in [-0.2, 0) is 14.3 Å². The van der Waals surface area contributed by atoms with Crippen LogP contribution in [-0.4, -0.2) is 47.4 Å². The number of carbonyl (C=O) groups is 2. The third-order valence-corrected chi connectivity index (χ3v) is 14.8. The molecule has 0 bridgehead atoms. The van der Waals surface area contributed by atoms with Crippen molar-refractivity contribution in [1.29, 1.82) is 0 Å². The highest BCUT2D eigenvalue weighted by Crippen LogP contribution is 2.18. The first-order chi connectivity index (χ1) is 34.0. The number of nitrogens with one attached hydrogen (secondary N) is 1. The van der Waals surface area contributed by atoms with Crippen molar-refractivity contribution in [3.05, 3.63) is 12.2 Å². The van der Waals surface area contributed by atoms with Crippen molar-refractivity contribution < 1.29 is 24.5 Å². The predicted octanol–water partition coefficient (Wildman–Crippen LogP) is 19.6. The summed E-state index contributed by atoms with van der Waals surface area (Å²) in [7, 11) is 0. The molecular weight excluding hydrogens is 851 g/mol. The van der Waals surface area contributed by atoms with Gasteiger partial charge in [0.05, 0.1) is 25.4 Å². The molecule has 1 amide bonds. The SMILES string of the molecule is CCCCC/C=C\CCCCCCCC(=O)OCCCCCCCCCCCCCCCCCCCCCCCCC(=O)NC(CO)C(O)CCCCCCCCCCCCCCCCCCCC. The Hall–Kier alpha value is -1.40. The molecule has 6 heteroatoms. The van der Waals surface area contributed by atoms with Crippen LogP contribution < -0.4 is 5.32 Å². The topological polar surface area (TPSA) is 95.9 Å². The van der Waals surface area contributed by atoms with Crippen molar-refractivity contribution in [1.82, 2.24) is 5.32 Å². The van der Waals surface area contributed by atoms with Crippen LogP contribution in [0.5, 0.6) is 0 Å². The molecule has 0 aliphatic rings. The lowest BCUT2D eigenvalue weighted by Gasteiger charge is -2.22. The molecule has 69 heavy (non-hydrogen) atoms. The van der Waals surface area contributed by atoms with Crippen LogP contribution in [0.4, 0.5) is 0 Å². The maximum absolute atomic E-state index is 12.5. The molecule has 0 aliphatic heterocycles. The van der Waals surface area contributed by atoms with Gasteiger partial charge in [0.2, 0.25) is 5.91 Å². The number of amides is 1. The van der Waals surface area contributed by atoms with Gasteiger partial charge in [-0.25, -0.2) is 0 Å². The summed E-state index contributed by atoms with van der Waals surface area (Å²) in [5, 5.41) is 23.3. The summed E-state index contributed by atoms with van der Waals surface area (Å²) in [6, 6.07) is -0.541. The van der Waals surface area contributed by atoms with Gasteiger partial charge in [-0.15, -0.1) is 0 Å². The van der Waals surface area contributed by atoms with E-state index in [-0.39, 0.29) is 18.5 Å². The van der Waals surface area contributed by atoms with Crippen molar-refractivity contribution in [2.24, 2.45) is 0 Å². The molecule has 0 rings (SSSR count). The third-order valence-electron chi connectivity index (χ3n) is 14.8. The van der Waals surface area contributed by atoms with Gasteiger partial charge in [-0.05, 0) is 51.4 Å². The number of allylic oxidation sites excluding steroid dienone is 2. The number of rotatable bonds is 59. The van der Waals surface area contributed by atoms with E-state index < -0.39 is 12.1 Å². The Bertz CT molecular complexity index is 1030. The maximum atomic E-state index is 12.5. The van der Waals surface area contributed by atoms with E-state index in [9.17, 15) is 19.8 Å². The molecule has 0 saturated heterocycles. The largest absolute Gasteiger partial charge is 0.466 e. The molecule has 0 heterocycles. The summed E-state index contributed by atoms with van der Waals surface area (Å²) in [6.45, 7) is 4.95. The first-order valence-electron chi connectivity index (χ1n) is 31.4. The van der Waals surface area contributed by atoms with Crippen LogP contribution >= 0.6 is 0 Å². The van der Waals surface area contributed by atoms with Crippen LogP contribution in [0.2, 0.25) is 0 Å². The predicted molar refractivity (Wildman–Crippen MR) is 301 cm³/mol. The van der Waals surface area contributed by atoms with E-state index in [1.165, 1.54) is 276 Å². The summed E-state index contributed by atoms with van der Waals surface area (Å²) >= 11 is 0. The first kappa shape index (κ1) is 67.6. The molecule has 410 valence electrons. The highest BCUT2D eigenvalue weighted by atomic mass is 16.5. The number of unbranched alkanes of at least 4 members (excludes halogenated alkanes) is 46. The molecule has 0 radical (unpaired) electrons. The minimum absolute atomic E-state index is 0.00391. The summed E-state index contributed by atoms with van der Waals surface area (Å²) in [5.41, 5.74) is 0. The van der Waals surface area contributed by atoms with E-state index in [1.807, 2.05) is 0 Å². The normalized spacial score (nSPS) is 12.6. The molecule has 2 atom stereocenters. The lowest BCUT2D eigenvalue weighted by molar-refractivity contribution is -0.143. The Morgan fingerprint density at radius 1 is 0.391 bits per heavy atom. The zero-order valence-corrected chi connectivity index (χ0v) is 46.8. The zero-order chi connectivity index (χ0) is 50.0. The Labute approximate surface area is 431 Å². The fraction of sp³-hybridized carbons (Fsp3) is 0.937. The van der Waals surface area contributed by atoms with Crippen molar-refractivity contribution in [2.45, 2.75) is 366 Å². The van der Waals surface area contributed by atoms with Gasteiger partial charge in [0.25, 0.3) is 0 Å². The summed E-state index contributed by atoms with van der Waals surface area (Å²) in [6.07, 6.45) is 70.8. The Morgan fingerprint density at radius 2 is 0.681 bits per heavy atom. The van der Waals surface area contributed by atoms with E-state index >= 15 is 0 Å². The molecule has 0 aromatic rings. The van der Waals surface area contributed by atoms with Crippen LogP contribution in [0.15, 0.2) is 12.2 Å². The fourth-order valence-electron chi connectivity index (χ4n) is 9.99. The summed E-state index contributed by atoms with van der Waals surface area (Å²) < 4.78 is 5.47. The number of hydrogen-bond acceptors (Lipinski definition) is 5. The summed E-state index contributed by atoms with van der Waals surface area (Å²) in [4.78, 5) is 24.5. The fourth-order valence-corrected chi connectivity index (χ4v) is 9.99. The maximum Gasteiger partial charge on any atom is 0.305 e. The highest BCUT2D eigenvalue weighted by Gasteiger charge is 2.20. The number of hydrogen-bond donors (Lipinski definition) is 3. The van der Waals surface area contributed by atoms with Crippen molar-refractivity contribution >= 4 is 11.9 Å². The molecule has 0 aliphatic carbocycles. The average Bonchev–Trinajstić information content (AvgIpc) is 3.35. The Morgan fingerprint density at radius 3 is 1.06 bits per heavy atom. The second-order valence-electron chi connectivity index (χ2n) is 21.7. The van der Waals surface area contributed by atoms with Gasteiger partial charge in [-0.3, -0.25) is 9.59 Å². The van der Waals surface area contributed by atoms with E-state index in [2.05, 4.69) is 31.3 Å². The smallest absolute Gasteiger partial charge is 0.305 e. The van der Waals surface area contributed by atoms with Crippen molar-refractivity contribution in [3.63, 3.8) is 0 Å². The molecular formula is C63H123NO5. The van der Waals surface area contributed by atoms with E-state index in [0.717, 1.165) is 44.9 Å². The third kappa shape index (κ3) is 55.8. The van der Waals surface area contributed by atoms with Gasteiger partial charge in [0, 0.05) is 12.8 Å². The highest BCUT2D eigenvalue weighted by molar-refractivity contribution is 5.76. The van der Waals surface area contributed by atoms with Gasteiger partial charge >= 0.3 is 5.97 Å². The Balaban J connectivity index is 3.38. The molecule has 3 N–H and O–H groups in total. The van der Waals surface area contributed by atoms with Crippen LogP contribution in [0.25, 0.3) is 0 Å². The van der Waals surface area contributed by atoms with Crippen molar-refractivity contribution in [2.75, 3.05) is 13.2 Å². The minimum Gasteiger partial charge on any atom is -0.466 e. The average molecular weight is 975 g/mol. The van der Waals surface area contributed by atoms with Gasteiger partial charge in [0.1, 0.15) is 0 Å². The monoisotopic (exact) mass is 974 g/mol. The standard InChI is InChI=1S/C63H123NO5/c1-3-5-7-9-11-13-15-17-18-19-26-29-32-35-39-43-47-51-55-61(66)60(59-65)64-62(67)56-52-48-44-40-36-33-30-27-24-22-20-21-23-25-28-31-34-38-42-46-50-54-58-69-63(68)57-53-49-45-41-37-16-14-12-10-8-6-4-2/h12,14,60-61,65-66H,3-11,13,15-59H2,1-2H3,(H,64,67)/b14-12-. The van der Waals surface area contributed by atoms with E-state index in [4.69, 9.17) is 4.74 Å². The van der Waals surface area contributed by atoms with Crippen LogP contribution in [0.3, 0.4) is 0 Å². The molecule has 0 saturated carbocycles. The number of ether oxygens (including phenoxy) is 1. The first-order valence-corrected chi connectivity index (χ1v) is 31.4. The lowest BCUT2D eigenvalue weighted by Crippen LogP contribution is -2.45. The van der Waals surface area contributed by atoms with Gasteiger partial charge < -0.3 is 20.3 Å². The minimum atomic E-state index is -0.664. The summed E-state index contributed by atoms with van der Waals surface area (Å²) in [5.74, 6) is -0.0279. The van der Waals surface area contributed by atoms with Crippen molar-refractivity contribution in [3.8, 4) is 0 Å². The zero-order valence-electron chi connectivity index (χ0n) is 46.8. The molecule has 6 nitrogen and oxygen atoms in total. The lowest BCUT2D eigenvalue weighted by atomic mass is 10.0. The van der Waals surface area contributed by atoms with Gasteiger partial charge in [0.15, 0.2) is 0 Å². The molecule has 0 aromatic heterocycles. The molecule has 0 fully saturated rings. The van der Waals surface area contributed by atoms with Gasteiger partial charge in [-0.1, -0.05) is 302 Å². The molecule has 0 aromatic carbocycles. The van der Waals surface area contributed by atoms with Crippen LogP contribution in [0, 0.1) is 0 Å². The van der Waals surface area contributed by atoms with E-state index in [0.29, 0.717) is 25.9 Å². The van der Waals surface area contributed by atoms with Gasteiger partial charge in [-0.2, -0.15) is 0 Å². The second-order valence-corrected chi connectivity index (χ2v) is 21.7. The number of aliphatic hydroxyl groups excluding tert-OH is 2. The van der Waals surface area contributed by atoms with E-state index in [1.54, 1.807) is 0 Å². The number of esters is 1. The number of aliphatic hydroxyl groups is 2. The second kappa shape index (κ2) is 59.2. The number of carbonyl (C=O) groups excluding carboxylic acids is 2. The Kier molecular flexibility index (Phi) is 58.0. The van der Waals surface area contributed by atoms with Crippen LogP contribution in [0.1, 0.15) is 354 Å². The molecule has 0 spiro atoms. The molecule has 2 unspecified atom stereocenters.